The van der Waals surface area contributed by atoms with Gasteiger partial charge in [0.05, 0.1) is 12.0 Å². The first-order valence-electron chi connectivity index (χ1n) is 3.96. The van der Waals surface area contributed by atoms with Crippen LogP contribution in [0.2, 0.25) is 0 Å². The number of rotatable bonds is 3. The number of aromatic nitrogens is 1. The smallest absolute Gasteiger partial charge is 0.235 e. The number of nitrogens with zero attached hydrogens (tertiary/aromatic N) is 2. The van der Waals surface area contributed by atoms with Gasteiger partial charge in [-0.05, 0) is 18.6 Å². The summed E-state index contributed by atoms with van der Waals surface area (Å²) in [7, 11) is 1.53. The summed E-state index contributed by atoms with van der Waals surface area (Å²) in [5.41, 5.74) is 1.53. The first-order valence-corrected chi connectivity index (χ1v) is 3.96. The lowest BCUT2D eigenvalue weighted by molar-refractivity contribution is -0.400. The van der Waals surface area contributed by atoms with Gasteiger partial charge in [0.25, 0.3) is 0 Å². The topological polar surface area (TPSA) is 65.3 Å². The van der Waals surface area contributed by atoms with Crippen LogP contribution in [0.5, 0.6) is 5.88 Å². The van der Waals surface area contributed by atoms with Crippen LogP contribution in [-0.4, -0.2) is 17.0 Å². The molecule has 0 aromatic carbocycles. The number of hydrogen-bond acceptors (Lipinski definition) is 4. The van der Waals surface area contributed by atoms with Crippen LogP contribution in [0, 0.1) is 17.0 Å². The van der Waals surface area contributed by atoms with Crippen LogP contribution in [0.15, 0.2) is 18.5 Å². The second-order valence-corrected chi connectivity index (χ2v) is 2.70. The molecule has 0 N–H and O–H groups in total. The van der Waals surface area contributed by atoms with Crippen molar-refractivity contribution in [2.75, 3.05) is 7.11 Å². The molecule has 74 valence electrons. The lowest BCUT2D eigenvalue weighted by Crippen LogP contribution is -1.91. The average Bonchev–Trinajstić information content (AvgIpc) is 2.15. The van der Waals surface area contributed by atoms with Gasteiger partial charge >= 0.3 is 0 Å². The van der Waals surface area contributed by atoms with E-state index in [1.165, 1.54) is 19.4 Å². The van der Waals surface area contributed by atoms with Gasteiger partial charge < -0.3 is 4.74 Å². The zero-order valence-electron chi connectivity index (χ0n) is 7.93. The van der Waals surface area contributed by atoms with Gasteiger partial charge in [-0.2, -0.15) is 0 Å². The molecule has 0 aliphatic rings. The molecule has 0 amide bonds. The Hall–Kier alpha value is -1.91. The van der Waals surface area contributed by atoms with E-state index in [1.54, 1.807) is 6.07 Å². The van der Waals surface area contributed by atoms with Crippen LogP contribution in [-0.2, 0) is 0 Å². The normalized spacial score (nSPS) is 10.4. The summed E-state index contributed by atoms with van der Waals surface area (Å²) in [6.07, 6.45) is 3.79. The molecule has 0 radical (unpaired) electrons. The summed E-state index contributed by atoms with van der Waals surface area (Å²) in [4.78, 5) is 13.5. The van der Waals surface area contributed by atoms with Crippen molar-refractivity contribution in [3.8, 4) is 5.88 Å². The molecule has 0 spiro atoms. The number of aryl methyl sites for hydroxylation is 1. The maximum atomic E-state index is 10.1. The molecule has 1 aromatic heterocycles. The largest absolute Gasteiger partial charge is 0.481 e. The molecule has 0 bridgehead atoms. The Morgan fingerprint density at radius 2 is 2.36 bits per heavy atom. The fourth-order valence-electron chi connectivity index (χ4n) is 1.04. The minimum atomic E-state index is -0.514. The van der Waals surface area contributed by atoms with E-state index in [4.69, 9.17) is 4.74 Å². The maximum Gasteiger partial charge on any atom is 0.235 e. The van der Waals surface area contributed by atoms with E-state index in [1.807, 2.05) is 6.92 Å². The van der Waals surface area contributed by atoms with Gasteiger partial charge in [-0.15, -0.1) is 0 Å². The van der Waals surface area contributed by atoms with Crippen LogP contribution in [0.4, 0.5) is 0 Å². The van der Waals surface area contributed by atoms with Gasteiger partial charge in [0.2, 0.25) is 12.1 Å². The van der Waals surface area contributed by atoms with E-state index >= 15 is 0 Å². The number of methoxy groups -OCH3 is 1. The van der Waals surface area contributed by atoms with Crippen LogP contribution in [0.1, 0.15) is 11.1 Å². The molecule has 0 unspecified atom stereocenters. The molecule has 5 heteroatoms. The zero-order chi connectivity index (χ0) is 10.6. The van der Waals surface area contributed by atoms with Crippen molar-refractivity contribution in [3.05, 3.63) is 39.7 Å². The molecule has 5 nitrogen and oxygen atoms in total. The van der Waals surface area contributed by atoms with Gasteiger partial charge in [-0.3, -0.25) is 10.1 Å². The lowest BCUT2D eigenvalue weighted by Gasteiger charge is -2.02. The van der Waals surface area contributed by atoms with Crippen molar-refractivity contribution >= 4 is 6.08 Å². The van der Waals surface area contributed by atoms with E-state index in [0.717, 1.165) is 11.8 Å². The molecule has 0 atom stereocenters. The third-order valence-corrected chi connectivity index (χ3v) is 1.63. The third-order valence-electron chi connectivity index (χ3n) is 1.63. The van der Waals surface area contributed by atoms with Gasteiger partial charge in [0.15, 0.2) is 0 Å². The second-order valence-electron chi connectivity index (χ2n) is 2.70. The number of ether oxygens (including phenoxy) is 1. The Morgan fingerprint density at radius 1 is 1.64 bits per heavy atom. The fourth-order valence-corrected chi connectivity index (χ4v) is 1.04. The molecule has 14 heavy (non-hydrogen) atoms. The number of hydrogen-bond donors (Lipinski definition) is 0. The highest BCUT2D eigenvalue weighted by atomic mass is 16.6. The molecular formula is C9H10N2O3. The molecular weight excluding hydrogens is 184 g/mol. The van der Waals surface area contributed by atoms with Gasteiger partial charge in [0, 0.05) is 17.8 Å². The summed E-state index contributed by atoms with van der Waals surface area (Å²) in [6, 6.07) is 1.77. The minimum absolute atomic E-state index is 0.514. The van der Waals surface area contributed by atoms with Crippen molar-refractivity contribution < 1.29 is 9.66 Å². The number of nitro groups is 1. The van der Waals surface area contributed by atoms with Crippen molar-refractivity contribution in [1.29, 1.82) is 0 Å². The predicted octanol–water partition coefficient (Wildman–Crippen LogP) is 1.65. The summed E-state index contributed by atoms with van der Waals surface area (Å²) in [5.74, 6) is 0.531. The highest BCUT2D eigenvalue weighted by Gasteiger charge is 1.99. The predicted molar refractivity (Wildman–Crippen MR) is 51.6 cm³/mol. The molecule has 0 fully saturated rings. The molecule has 0 aliphatic heterocycles. The summed E-state index contributed by atoms with van der Waals surface area (Å²) < 4.78 is 4.96. The monoisotopic (exact) mass is 194 g/mol. The summed E-state index contributed by atoms with van der Waals surface area (Å²) in [6.45, 7) is 1.83. The Bertz CT molecular complexity index is 374. The first kappa shape index (κ1) is 10.2. The van der Waals surface area contributed by atoms with E-state index in [9.17, 15) is 10.1 Å². The lowest BCUT2D eigenvalue weighted by atomic mass is 10.2. The van der Waals surface area contributed by atoms with Crippen molar-refractivity contribution in [2.45, 2.75) is 6.92 Å². The quantitative estimate of drug-likeness (QED) is 0.542. The Balaban J connectivity index is 2.91. The van der Waals surface area contributed by atoms with Gasteiger partial charge in [-0.25, -0.2) is 4.98 Å². The van der Waals surface area contributed by atoms with Crippen LogP contribution >= 0.6 is 0 Å². The fraction of sp³-hybridized carbons (Fsp3) is 0.222. The van der Waals surface area contributed by atoms with Crippen LogP contribution < -0.4 is 4.74 Å². The minimum Gasteiger partial charge on any atom is -0.481 e. The average molecular weight is 194 g/mol. The highest BCUT2D eigenvalue weighted by Crippen LogP contribution is 2.15. The molecule has 1 rings (SSSR count). The van der Waals surface area contributed by atoms with Gasteiger partial charge in [0.1, 0.15) is 0 Å². The number of pyridine rings is 1. The van der Waals surface area contributed by atoms with E-state index in [2.05, 4.69) is 4.98 Å². The third kappa shape index (κ3) is 2.55. The van der Waals surface area contributed by atoms with Crippen LogP contribution in [0.3, 0.4) is 0 Å². The van der Waals surface area contributed by atoms with Crippen LogP contribution in [0.25, 0.3) is 6.08 Å². The molecule has 1 heterocycles. The zero-order valence-corrected chi connectivity index (χ0v) is 7.93. The standard InChI is InChI=1S/C9H10N2O3/c1-7-5-8(3-4-11(12)13)6-10-9(7)14-2/h3-6H,1-2H3/b4-3+. The Labute approximate surface area is 81.2 Å². The molecule has 0 saturated carbocycles. The maximum absolute atomic E-state index is 10.1. The molecule has 0 saturated heterocycles. The molecule has 1 aromatic rings. The Kier molecular flexibility index (Phi) is 3.17. The van der Waals surface area contributed by atoms with Gasteiger partial charge in [-0.1, -0.05) is 0 Å². The highest BCUT2D eigenvalue weighted by molar-refractivity contribution is 5.49. The Morgan fingerprint density at radius 3 is 2.86 bits per heavy atom. The summed E-state index contributed by atoms with van der Waals surface area (Å²) in [5, 5.41) is 10.1. The van der Waals surface area contributed by atoms with Crippen molar-refractivity contribution in [1.82, 2.24) is 4.98 Å². The SMILES string of the molecule is COc1ncc(/C=C/[N+](=O)[O-])cc1C. The first-order chi connectivity index (χ1) is 6.63. The van der Waals surface area contributed by atoms with Crippen molar-refractivity contribution in [2.24, 2.45) is 0 Å². The van der Waals surface area contributed by atoms with E-state index < -0.39 is 4.92 Å². The summed E-state index contributed by atoms with van der Waals surface area (Å²) >= 11 is 0. The van der Waals surface area contributed by atoms with Crippen molar-refractivity contribution in [3.63, 3.8) is 0 Å². The molecule has 0 aliphatic carbocycles. The second kappa shape index (κ2) is 4.36. The van der Waals surface area contributed by atoms with E-state index in [-0.39, 0.29) is 0 Å². The van der Waals surface area contributed by atoms with E-state index in [0.29, 0.717) is 11.4 Å².